The van der Waals surface area contributed by atoms with Crippen LogP contribution in [-0.4, -0.2) is 5.97 Å². The summed E-state index contributed by atoms with van der Waals surface area (Å²) in [5.41, 5.74) is 0. The van der Waals surface area contributed by atoms with Gasteiger partial charge in [-0.3, -0.25) is 4.79 Å². The number of carbonyl (C=O) groups excluding carboxylic acids is 1. The molecule has 2 nitrogen and oxygen atoms in total. The molecule has 0 aromatic rings. The summed E-state index contributed by atoms with van der Waals surface area (Å²) >= 11 is 0. The molecule has 0 saturated heterocycles. The van der Waals surface area contributed by atoms with E-state index in [1.165, 1.54) is 13.0 Å². The molecule has 0 aromatic heterocycles. The quantitative estimate of drug-likeness (QED) is 0.364. The van der Waals surface area contributed by atoms with Crippen LogP contribution in [0.1, 0.15) is 20.3 Å². The Labute approximate surface area is 73.2 Å². The molecular weight excluding hydrogens is 152 g/mol. The van der Waals surface area contributed by atoms with Crippen LogP contribution in [0.3, 0.4) is 0 Å². The lowest BCUT2D eigenvalue weighted by Gasteiger charge is -1.98. The van der Waals surface area contributed by atoms with E-state index in [1.807, 2.05) is 19.1 Å². The second kappa shape index (κ2) is 6.40. The Morgan fingerprint density at radius 3 is 2.67 bits per heavy atom. The van der Waals surface area contributed by atoms with Crippen LogP contribution in [0.25, 0.3) is 0 Å². The standard InChI is InChI=1S/C10H14O2/c1-4-6-7-8-10(5-2)12-9(3)11/h5-8H,2,4H2,1,3H3. The molecule has 0 aliphatic heterocycles. The van der Waals surface area contributed by atoms with Gasteiger partial charge >= 0.3 is 5.97 Å². The van der Waals surface area contributed by atoms with Crippen LogP contribution in [-0.2, 0) is 9.53 Å². The summed E-state index contributed by atoms with van der Waals surface area (Å²) in [6.07, 6.45) is 7.97. The minimum atomic E-state index is -0.328. The molecule has 0 N–H and O–H groups in total. The van der Waals surface area contributed by atoms with Crippen LogP contribution in [0.15, 0.2) is 36.6 Å². The van der Waals surface area contributed by atoms with Gasteiger partial charge in [0.25, 0.3) is 0 Å². The molecule has 0 saturated carbocycles. The average molecular weight is 166 g/mol. The van der Waals surface area contributed by atoms with Crippen molar-refractivity contribution in [2.45, 2.75) is 20.3 Å². The van der Waals surface area contributed by atoms with Crippen molar-refractivity contribution in [3.63, 3.8) is 0 Å². The first kappa shape index (κ1) is 10.7. The van der Waals surface area contributed by atoms with Crippen molar-refractivity contribution in [1.82, 2.24) is 0 Å². The van der Waals surface area contributed by atoms with Gasteiger partial charge in [-0.2, -0.15) is 0 Å². The van der Waals surface area contributed by atoms with Crippen LogP contribution >= 0.6 is 0 Å². The first-order chi connectivity index (χ1) is 5.70. The molecule has 0 fully saturated rings. The van der Waals surface area contributed by atoms with E-state index in [9.17, 15) is 4.79 Å². The molecule has 0 atom stereocenters. The van der Waals surface area contributed by atoms with Gasteiger partial charge in [0.15, 0.2) is 0 Å². The molecule has 0 unspecified atom stereocenters. The van der Waals surface area contributed by atoms with Crippen molar-refractivity contribution >= 4 is 5.97 Å². The predicted octanol–water partition coefficient (Wildman–Crippen LogP) is 2.59. The molecule has 0 bridgehead atoms. The van der Waals surface area contributed by atoms with Crippen molar-refractivity contribution < 1.29 is 9.53 Å². The summed E-state index contributed by atoms with van der Waals surface area (Å²) in [6.45, 7) is 6.91. The molecule has 0 aliphatic rings. The molecule has 2 heteroatoms. The summed E-state index contributed by atoms with van der Waals surface area (Å²) in [5.74, 6) is 0.151. The van der Waals surface area contributed by atoms with Gasteiger partial charge < -0.3 is 4.74 Å². The molecule has 0 heterocycles. The third-order valence-electron chi connectivity index (χ3n) is 1.10. The Hall–Kier alpha value is -1.31. The van der Waals surface area contributed by atoms with E-state index in [2.05, 4.69) is 6.58 Å². The molecule has 0 rings (SSSR count). The largest absolute Gasteiger partial charge is 0.427 e. The Kier molecular flexibility index (Phi) is 5.70. The smallest absolute Gasteiger partial charge is 0.308 e. The van der Waals surface area contributed by atoms with E-state index in [0.717, 1.165) is 6.42 Å². The van der Waals surface area contributed by atoms with E-state index in [-0.39, 0.29) is 5.97 Å². The highest BCUT2D eigenvalue weighted by Crippen LogP contribution is 1.99. The zero-order valence-corrected chi connectivity index (χ0v) is 7.54. The molecule has 66 valence electrons. The van der Waals surface area contributed by atoms with Crippen molar-refractivity contribution in [2.75, 3.05) is 0 Å². The maximum Gasteiger partial charge on any atom is 0.308 e. The maximum absolute atomic E-state index is 10.5. The highest BCUT2D eigenvalue weighted by Gasteiger charge is 1.93. The molecule has 0 aliphatic carbocycles. The lowest BCUT2D eigenvalue weighted by atomic mass is 10.3. The highest BCUT2D eigenvalue weighted by atomic mass is 16.5. The molecule has 0 spiro atoms. The van der Waals surface area contributed by atoms with Crippen molar-refractivity contribution in [3.8, 4) is 0 Å². The van der Waals surface area contributed by atoms with Gasteiger partial charge in [-0.1, -0.05) is 25.7 Å². The average Bonchev–Trinajstić information content (AvgIpc) is 2.02. The van der Waals surface area contributed by atoms with Gasteiger partial charge in [0, 0.05) is 6.92 Å². The summed E-state index contributed by atoms with van der Waals surface area (Å²) < 4.78 is 4.80. The molecule has 12 heavy (non-hydrogen) atoms. The van der Waals surface area contributed by atoms with Gasteiger partial charge in [-0.15, -0.1) is 0 Å². The third-order valence-corrected chi connectivity index (χ3v) is 1.10. The van der Waals surface area contributed by atoms with Crippen molar-refractivity contribution in [3.05, 3.63) is 36.6 Å². The topological polar surface area (TPSA) is 26.3 Å². The molecule has 0 radical (unpaired) electrons. The third kappa shape index (κ3) is 5.47. The van der Waals surface area contributed by atoms with Gasteiger partial charge in [0.05, 0.1) is 0 Å². The van der Waals surface area contributed by atoms with Crippen LogP contribution in [0.5, 0.6) is 0 Å². The number of allylic oxidation sites excluding steroid dienone is 4. The minimum absolute atomic E-state index is 0.328. The maximum atomic E-state index is 10.5. The van der Waals surface area contributed by atoms with Gasteiger partial charge in [-0.25, -0.2) is 0 Å². The molecule has 0 aromatic carbocycles. The number of hydrogen-bond donors (Lipinski definition) is 0. The molecular formula is C10H14O2. The summed E-state index contributed by atoms with van der Waals surface area (Å²) in [4.78, 5) is 10.5. The first-order valence-corrected chi connectivity index (χ1v) is 3.88. The fourth-order valence-electron chi connectivity index (χ4n) is 0.609. The number of hydrogen-bond acceptors (Lipinski definition) is 2. The van der Waals surface area contributed by atoms with Crippen LogP contribution < -0.4 is 0 Å². The Morgan fingerprint density at radius 1 is 1.58 bits per heavy atom. The predicted molar refractivity (Wildman–Crippen MR) is 49.5 cm³/mol. The van der Waals surface area contributed by atoms with Crippen LogP contribution in [0, 0.1) is 0 Å². The number of carbonyl (C=O) groups is 1. The zero-order valence-electron chi connectivity index (χ0n) is 7.54. The zero-order chi connectivity index (χ0) is 9.40. The van der Waals surface area contributed by atoms with Crippen LogP contribution in [0.2, 0.25) is 0 Å². The fraction of sp³-hybridized carbons (Fsp3) is 0.300. The Balaban J connectivity index is 4.13. The van der Waals surface area contributed by atoms with Crippen LogP contribution in [0.4, 0.5) is 0 Å². The number of ether oxygens (including phenoxy) is 1. The minimum Gasteiger partial charge on any atom is -0.427 e. The summed E-state index contributed by atoms with van der Waals surface area (Å²) in [7, 11) is 0. The summed E-state index contributed by atoms with van der Waals surface area (Å²) in [5, 5.41) is 0. The molecule has 0 amide bonds. The SMILES string of the molecule is C=CC(=CC=CCC)OC(C)=O. The normalized spacial score (nSPS) is 11.7. The fourth-order valence-corrected chi connectivity index (χ4v) is 0.609. The highest BCUT2D eigenvalue weighted by molar-refractivity contribution is 5.67. The first-order valence-electron chi connectivity index (χ1n) is 3.88. The Morgan fingerprint density at radius 2 is 2.25 bits per heavy atom. The van der Waals surface area contributed by atoms with E-state index in [4.69, 9.17) is 4.74 Å². The van der Waals surface area contributed by atoms with Crippen molar-refractivity contribution in [2.24, 2.45) is 0 Å². The van der Waals surface area contributed by atoms with Crippen molar-refractivity contribution in [1.29, 1.82) is 0 Å². The second-order valence-electron chi connectivity index (χ2n) is 2.20. The second-order valence-corrected chi connectivity index (χ2v) is 2.20. The van der Waals surface area contributed by atoms with E-state index in [0.29, 0.717) is 5.76 Å². The van der Waals surface area contributed by atoms with Gasteiger partial charge in [-0.05, 0) is 18.6 Å². The van der Waals surface area contributed by atoms with E-state index >= 15 is 0 Å². The lowest BCUT2D eigenvalue weighted by Crippen LogP contribution is -1.95. The van der Waals surface area contributed by atoms with Gasteiger partial charge in [0.2, 0.25) is 0 Å². The van der Waals surface area contributed by atoms with E-state index < -0.39 is 0 Å². The Bertz CT molecular complexity index is 212. The van der Waals surface area contributed by atoms with Gasteiger partial charge in [0.1, 0.15) is 5.76 Å². The number of esters is 1. The summed E-state index contributed by atoms with van der Waals surface area (Å²) in [6, 6.07) is 0. The monoisotopic (exact) mass is 166 g/mol. The lowest BCUT2D eigenvalue weighted by molar-refractivity contribution is -0.136. The number of rotatable bonds is 4. The van der Waals surface area contributed by atoms with E-state index in [1.54, 1.807) is 6.08 Å².